The van der Waals surface area contributed by atoms with E-state index < -0.39 is 11.7 Å². The summed E-state index contributed by atoms with van der Waals surface area (Å²) in [4.78, 5) is 35.8. The number of hydrogen-bond acceptors (Lipinski definition) is 7. The fourth-order valence-electron chi connectivity index (χ4n) is 2.81. The van der Waals surface area contributed by atoms with E-state index in [2.05, 4.69) is 15.8 Å². The van der Waals surface area contributed by atoms with Crippen molar-refractivity contribution in [2.24, 2.45) is 0 Å². The van der Waals surface area contributed by atoms with E-state index in [0.29, 0.717) is 28.4 Å². The van der Waals surface area contributed by atoms with Crippen molar-refractivity contribution in [3.63, 3.8) is 0 Å². The Balaban J connectivity index is 1.81. The van der Waals surface area contributed by atoms with Gasteiger partial charge in [0.1, 0.15) is 6.54 Å². The highest BCUT2D eigenvalue weighted by Crippen LogP contribution is 2.31. The number of amides is 2. The van der Waals surface area contributed by atoms with Crippen LogP contribution in [0.3, 0.4) is 0 Å². The van der Waals surface area contributed by atoms with Gasteiger partial charge in [0.05, 0.1) is 14.2 Å². The summed E-state index contributed by atoms with van der Waals surface area (Å²) >= 11 is 0. The summed E-state index contributed by atoms with van der Waals surface area (Å²) in [5.74, 6) is -0.354. The van der Waals surface area contributed by atoms with Crippen molar-refractivity contribution >= 4 is 23.2 Å². The monoisotopic (exact) mass is 412 g/mol. The SMILES string of the molecule is COc1ccc(-c2noc(=O)n2CC(=O)Nc2cccc(NC(C)=O)c2)cc1OC. The number of anilines is 2. The molecule has 10 nitrogen and oxygen atoms in total. The van der Waals surface area contributed by atoms with Crippen LogP contribution in [0.5, 0.6) is 11.5 Å². The van der Waals surface area contributed by atoms with E-state index in [9.17, 15) is 14.4 Å². The Morgan fingerprint density at radius 1 is 1.03 bits per heavy atom. The highest BCUT2D eigenvalue weighted by molar-refractivity contribution is 5.93. The number of benzene rings is 2. The summed E-state index contributed by atoms with van der Waals surface area (Å²) < 4.78 is 16.3. The largest absolute Gasteiger partial charge is 0.493 e. The van der Waals surface area contributed by atoms with Crippen LogP contribution in [0.2, 0.25) is 0 Å². The number of carbonyl (C=O) groups is 2. The van der Waals surface area contributed by atoms with Gasteiger partial charge in [-0.25, -0.2) is 9.36 Å². The van der Waals surface area contributed by atoms with Crippen LogP contribution in [0.1, 0.15) is 6.92 Å². The molecule has 0 aliphatic rings. The van der Waals surface area contributed by atoms with Crippen LogP contribution in [0.15, 0.2) is 51.8 Å². The summed E-state index contributed by atoms with van der Waals surface area (Å²) in [6.45, 7) is 1.07. The van der Waals surface area contributed by atoms with Gasteiger partial charge < -0.3 is 20.1 Å². The third-order valence-corrected chi connectivity index (χ3v) is 4.10. The maximum Gasteiger partial charge on any atom is 0.442 e. The Labute approximate surface area is 171 Å². The van der Waals surface area contributed by atoms with Gasteiger partial charge in [-0.05, 0) is 36.4 Å². The first-order valence-corrected chi connectivity index (χ1v) is 8.87. The lowest BCUT2D eigenvalue weighted by atomic mass is 10.2. The van der Waals surface area contributed by atoms with Crippen LogP contribution in [0, 0.1) is 0 Å². The molecule has 10 heteroatoms. The number of methoxy groups -OCH3 is 2. The lowest BCUT2D eigenvalue weighted by molar-refractivity contribution is -0.117. The molecule has 30 heavy (non-hydrogen) atoms. The van der Waals surface area contributed by atoms with E-state index in [1.54, 1.807) is 42.5 Å². The molecular weight excluding hydrogens is 392 g/mol. The predicted octanol–water partition coefficient (Wildman–Crippen LogP) is 2.12. The molecule has 3 rings (SSSR count). The van der Waals surface area contributed by atoms with Crippen molar-refractivity contribution in [3.8, 4) is 22.9 Å². The molecule has 0 bridgehead atoms. The summed E-state index contributed by atoms with van der Waals surface area (Å²) in [5.41, 5.74) is 1.51. The second kappa shape index (κ2) is 8.95. The van der Waals surface area contributed by atoms with Crippen molar-refractivity contribution in [1.29, 1.82) is 0 Å². The summed E-state index contributed by atoms with van der Waals surface area (Å²) in [6, 6.07) is 11.6. The summed E-state index contributed by atoms with van der Waals surface area (Å²) in [5, 5.41) is 9.08. The molecule has 0 saturated heterocycles. The molecule has 0 aliphatic heterocycles. The summed E-state index contributed by atoms with van der Waals surface area (Å²) in [7, 11) is 2.99. The maximum absolute atomic E-state index is 12.5. The standard InChI is InChI=1S/C20H20N4O6/c1-12(25)21-14-5-4-6-15(10-14)22-18(26)11-24-19(23-30-20(24)27)13-7-8-16(28-2)17(9-13)29-3/h4-10H,11H2,1-3H3,(H,21,25)(H,22,26). The Bertz CT molecular complexity index is 1130. The molecule has 0 radical (unpaired) electrons. The molecule has 1 heterocycles. The van der Waals surface area contributed by atoms with Gasteiger partial charge in [0.2, 0.25) is 11.8 Å². The number of ether oxygens (including phenoxy) is 2. The smallest absolute Gasteiger partial charge is 0.442 e. The molecule has 0 atom stereocenters. The van der Waals surface area contributed by atoms with Gasteiger partial charge in [0, 0.05) is 23.9 Å². The van der Waals surface area contributed by atoms with Gasteiger partial charge in [-0.2, -0.15) is 0 Å². The number of hydrogen-bond donors (Lipinski definition) is 2. The average molecular weight is 412 g/mol. The third kappa shape index (κ3) is 4.66. The zero-order chi connectivity index (χ0) is 21.7. The zero-order valence-corrected chi connectivity index (χ0v) is 16.6. The lowest BCUT2D eigenvalue weighted by Gasteiger charge is -2.10. The van der Waals surface area contributed by atoms with Gasteiger partial charge in [0.15, 0.2) is 17.3 Å². The highest BCUT2D eigenvalue weighted by atomic mass is 16.5. The van der Waals surface area contributed by atoms with Gasteiger partial charge in [-0.15, -0.1) is 0 Å². The number of nitrogens with one attached hydrogen (secondary N) is 2. The number of nitrogens with zero attached hydrogens (tertiary/aromatic N) is 2. The van der Waals surface area contributed by atoms with Crippen molar-refractivity contribution in [2.45, 2.75) is 13.5 Å². The van der Waals surface area contributed by atoms with Crippen LogP contribution in [0.25, 0.3) is 11.4 Å². The Morgan fingerprint density at radius 2 is 1.73 bits per heavy atom. The quantitative estimate of drug-likeness (QED) is 0.609. The maximum atomic E-state index is 12.5. The van der Waals surface area contributed by atoms with Crippen LogP contribution in [-0.2, 0) is 16.1 Å². The van der Waals surface area contributed by atoms with E-state index in [0.717, 1.165) is 4.57 Å². The first-order chi connectivity index (χ1) is 14.4. The first-order valence-electron chi connectivity index (χ1n) is 8.87. The molecule has 2 amide bonds. The van der Waals surface area contributed by atoms with Crippen LogP contribution < -0.4 is 25.9 Å². The second-order valence-corrected chi connectivity index (χ2v) is 6.24. The zero-order valence-electron chi connectivity index (χ0n) is 16.6. The third-order valence-electron chi connectivity index (χ3n) is 4.10. The van der Waals surface area contributed by atoms with Crippen LogP contribution >= 0.6 is 0 Å². The highest BCUT2D eigenvalue weighted by Gasteiger charge is 2.18. The fraction of sp³-hybridized carbons (Fsp3) is 0.200. The van der Waals surface area contributed by atoms with E-state index in [-0.39, 0.29) is 18.3 Å². The molecule has 0 fully saturated rings. The fourth-order valence-corrected chi connectivity index (χ4v) is 2.81. The second-order valence-electron chi connectivity index (χ2n) is 6.24. The molecule has 3 aromatic rings. The lowest BCUT2D eigenvalue weighted by Crippen LogP contribution is -2.25. The van der Waals surface area contributed by atoms with Crippen LogP contribution in [0.4, 0.5) is 11.4 Å². The van der Waals surface area contributed by atoms with Crippen LogP contribution in [-0.4, -0.2) is 35.8 Å². The average Bonchev–Trinajstić information content (AvgIpc) is 3.07. The molecule has 0 aliphatic carbocycles. The molecule has 1 aromatic heterocycles. The number of carbonyl (C=O) groups excluding carboxylic acids is 2. The van der Waals surface area contributed by atoms with Gasteiger partial charge in [-0.3, -0.25) is 14.1 Å². The molecule has 0 saturated carbocycles. The number of aromatic nitrogens is 2. The Hall–Kier alpha value is -4.08. The Morgan fingerprint density at radius 3 is 2.40 bits per heavy atom. The molecule has 0 spiro atoms. The minimum Gasteiger partial charge on any atom is -0.493 e. The van der Waals surface area contributed by atoms with Crippen molar-refractivity contribution in [1.82, 2.24) is 9.72 Å². The minimum atomic E-state index is -0.776. The normalized spacial score (nSPS) is 10.4. The van der Waals surface area contributed by atoms with E-state index in [4.69, 9.17) is 14.0 Å². The molecule has 0 unspecified atom stereocenters. The summed E-state index contributed by atoms with van der Waals surface area (Å²) in [6.07, 6.45) is 0. The topological polar surface area (TPSA) is 125 Å². The predicted molar refractivity (Wildman–Crippen MR) is 109 cm³/mol. The number of rotatable bonds is 7. The van der Waals surface area contributed by atoms with Gasteiger partial charge in [-0.1, -0.05) is 11.2 Å². The van der Waals surface area contributed by atoms with Gasteiger partial charge >= 0.3 is 5.76 Å². The van der Waals surface area contributed by atoms with E-state index >= 15 is 0 Å². The van der Waals surface area contributed by atoms with Crippen molar-refractivity contribution in [2.75, 3.05) is 24.9 Å². The first kappa shape index (κ1) is 20.6. The molecule has 156 valence electrons. The minimum absolute atomic E-state index is 0.170. The Kier molecular flexibility index (Phi) is 6.16. The van der Waals surface area contributed by atoms with Gasteiger partial charge in [0.25, 0.3) is 0 Å². The van der Waals surface area contributed by atoms with Crippen molar-refractivity contribution in [3.05, 3.63) is 53.0 Å². The molecule has 2 N–H and O–H groups in total. The van der Waals surface area contributed by atoms with E-state index in [1.165, 1.54) is 21.1 Å². The molecular formula is C20H20N4O6. The molecule has 2 aromatic carbocycles. The van der Waals surface area contributed by atoms with E-state index in [1.807, 2.05) is 0 Å². The van der Waals surface area contributed by atoms with Crippen molar-refractivity contribution < 1.29 is 23.6 Å².